The van der Waals surface area contributed by atoms with Gasteiger partial charge in [-0.05, 0) is 61.1 Å². The number of hydrogen-bond donors (Lipinski definition) is 0. The van der Waals surface area contributed by atoms with Gasteiger partial charge in [0.15, 0.2) is 6.54 Å². The second-order valence-corrected chi connectivity index (χ2v) is 11.0. The second kappa shape index (κ2) is 15.0. The standard InChI is InChI=1S/C27H49N2O2.BrH/c1-21(2)18-28(19-22(3)4)27(30)20-29(8,9)15-11-10-12-16-31-26-17-25(23(5)6)14-13-24(26)7;/h13-14,17,21-23H,10-12,15-16,18-20H2,1-9H3;1H/q+1;/p-1. The number of quaternary nitrogens is 1. The quantitative estimate of drug-likeness (QED) is 0.283. The molecule has 0 atom stereocenters. The number of likely N-dealkylation sites (N-methyl/N-ethyl adjacent to an activating group) is 1. The molecular weight excluding hydrogens is 464 g/mol. The van der Waals surface area contributed by atoms with Crippen LogP contribution in [0.5, 0.6) is 5.75 Å². The number of nitrogens with zero attached hydrogens (tertiary/aromatic N) is 2. The number of benzene rings is 1. The molecule has 1 amide bonds. The zero-order chi connectivity index (χ0) is 23.6. The summed E-state index contributed by atoms with van der Waals surface area (Å²) in [6, 6.07) is 6.53. The molecule has 1 aromatic carbocycles. The lowest BCUT2D eigenvalue weighted by Gasteiger charge is -2.33. The molecule has 0 spiro atoms. The van der Waals surface area contributed by atoms with E-state index in [1.54, 1.807) is 0 Å². The van der Waals surface area contributed by atoms with Gasteiger partial charge in [0.25, 0.3) is 5.91 Å². The summed E-state index contributed by atoms with van der Waals surface area (Å²) in [5, 5.41) is 0. The van der Waals surface area contributed by atoms with Gasteiger partial charge < -0.3 is 31.1 Å². The van der Waals surface area contributed by atoms with Gasteiger partial charge in [-0.15, -0.1) is 0 Å². The van der Waals surface area contributed by atoms with Crippen molar-refractivity contribution in [1.29, 1.82) is 0 Å². The predicted octanol–water partition coefficient (Wildman–Crippen LogP) is 2.89. The highest BCUT2D eigenvalue weighted by atomic mass is 79.9. The van der Waals surface area contributed by atoms with Crippen LogP contribution < -0.4 is 21.7 Å². The first-order valence-electron chi connectivity index (χ1n) is 12.2. The molecule has 1 aromatic rings. The first-order chi connectivity index (χ1) is 14.4. The van der Waals surface area contributed by atoms with Crippen LogP contribution in [0.1, 0.15) is 77.8 Å². The van der Waals surface area contributed by atoms with E-state index in [1.807, 2.05) is 0 Å². The van der Waals surface area contributed by atoms with E-state index in [4.69, 9.17) is 4.74 Å². The molecule has 1 rings (SSSR count). The van der Waals surface area contributed by atoms with Crippen LogP contribution in [-0.4, -0.2) is 62.2 Å². The first-order valence-corrected chi connectivity index (χ1v) is 12.2. The van der Waals surface area contributed by atoms with Gasteiger partial charge in [-0.1, -0.05) is 53.7 Å². The third-order valence-corrected chi connectivity index (χ3v) is 5.63. The molecule has 4 nitrogen and oxygen atoms in total. The van der Waals surface area contributed by atoms with Crippen molar-refractivity contribution in [3.63, 3.8) is 0 Å². The SMILES string of the molecule is Cc1ccc(C(C)C)cc1OCCCCC[N+](C)(C)CC(=O)N(CC(C)C)CC(C)C.[Br-]. The maximum atomic E-state index is 12.9. The number of carbonyl (C=O) groups is 1. The summed E-state index contributed by atoms with van der Waals surface area (Å²) in [6.45, 7) is 19.3. The summed E-state index contributed by atoms with van der Waals surface area (Å²) in [5.74, 6) is 2.83. The Bertz CT molecular complexity index is 662. The Morgan fingerprint density at radius 2 is 1.56 bits per heavy atom. The van der Waals surface area contributed by atoms with Gasteiger partial charge in [0.05, 0.1) is 27.2 Å². The van der Waals surface area contributed by atoms with Gasteiger partial charge in [0.2, 0.25) is 0 Å². The summed E-state index contributed by atoms with van der Waals surface area (Å²) >= 11 is 0. The van der Waals surface area contributed by atoms with Crippen molar-refractivity contribution in [2.45, 2.75) is 73.6 Å². The molecule has 186 valence electrons. The summed E-state index contributed by atoms with van der Waals surface area (Å²) in [7, 11) is 4.36. The average Bonchev–Trinajstić information content (AvgIpc) is 2.63. The van der Waals surface area contributed by atoms with E-state index in [-0.39, 0.29) is 22.9 Å². The number of halogens is 1. The zero-order valence-corrected chi connectivity index (χ0v) is 23.8. The summed E-state index contributed by atoms with van der Waals surface area (Å²) < 4.78 is 6.82. The molecule has 0 bridgehead atoms. The molecule has 0 saturated heterocycles. The molecule has 0 aliphatic carbocycles. The molecule has 0 fully saturated rings. The molecule has 0 aliphatic heterocycles. The third kappa shape index (κ3) is 12.2. The van der Waals surface area contributed by atoms with E-state index >= 15 is 0 Å². The van der Waals surface area contributed by atoms with Crippen LogP contribution in [0.3, 0.4) is 0 Å². The fourth-order valence-electron chi connectivity index (χ4n) is 3.84. The highest BCUT2D eigenvalue weighted by Crippen LogP contribution is 2.24. The Morgan fingerprint density at radius 3 is 2.09 bits per heavy atom. The van der Waals surface area contributed by atoms with Gasteiger partial charge in [-0.3, -0.25) is 4.79 Å². The normalized spacial score (nSPS) is 11.8. The average molecular weight is 514 g/mol. The van der Waals surface area contributed by atoms with E-state index in [0.717, 1.165) is 55.7 Å². The third-order valence-electron chi connectivity index (χ3n) is 5.63. The van der Waals surface area contributed by atoms with Crippen molar-refractivity contribution >= 4 is 5.91 Å². The molecule has 0 N–H and O–H groups in total. The lowest BCUT2D eigenvalue weighted by Crippen LogP contribution is -3.00. The molecule has 0 aromatic heterocycles. The van der Waals surface area contributed by atoms with Crippen LogP contribution in [0.2, 0.25) is 0 Å². The van der Waals surface area contributed by atoms with Crippen LogP contribution in [0, 0.1) is 18.8 Å². The van der Waals surface area contributed by atoms with Crippen molar-refractivity contribution in [3.05, 3.63) is 29.3 Å². The lowest BCUT2D eigenvalue weighted by molar-refractivity contribution is -0.883. The number of rotatable bonds is 14. The van der Waals surface area contributed by atoms with Gasteiger partial charge in [0.1, 0.15) is 5.75 Å². The van der Waals surface area contributed by atoms with Gasteiger partial charge in [-0.2, -0.15) is 0 Å². The molecule has 0 aliphatic rings. The van der Waals surface area contributed by atoms with Crippen molar-refractivity contribution in [2.75, 3.05) is 46.9 Å². The number of amides is 1. The predicted molar refractivity (Wildman–Crippen MR) is 133 cm³/mol. The Kier molecular flexibility index (Phi) is 14.5. The maximum Gasteiger partial charge on any atom is 0.277 e. The van der Waals surface area contributed by atoms with Crippen molar-refractivity contribution in [2.24, 2.45) is 11.8 Å². The first kappa shape index (κ1) is 30.9. The largest absolute Gasteiger partial charge is 1.00 e. The molecule has 0 heterocycles. The minimum absolute atomic E-state index is 0. The molecule has 0 saturated carbocycles. The van der Waals surface area contributed by atoms with Crippen LogP contribution in [-0.2, 0) is 4.79 Å². The minimum Gasteiger partial charge on any atom is -1.00 e. The second-order valence-electron chi connectivity index (χ2n) is 11.0. The topological polar surface area (TPSA) is 29.5 Å². The van der Waals surface area contributed by atoms with Gasteiger partial charge >= 0.3 is 0 Å². The van der Waals surface area contributed by atoms with Crippen molar-refractivity contribution < 1.29 is 31.0 Å². The van der Waals surface area contributed by atoms with Crippen LogP contribution in [0.15, 0.2) is 18.2 Å². The summed E-state index contributed by atoms with van der Waals surface area (Å²) in [4.78, 5) is 15.0. The van der Waals surface area contributed by atoms with E-state index in [1.165, 1.54) is 11.1 Å². The highest BCUT2D eigenvalue weighted by molar-refractivity contribution is 5.77. The summed E-state index contributed by atoms with van der Waals surface area (Å²) in [5.41, 5.74) is 2.53. The molecular formula is C27H49BrN2O2. The monoisotopic (exact) mass is 512 g/mol. The van der Waals surface area contributed by atoms with Gasteiger partial charge in [-0.25, -0.2) is 0 Å². The highest BCUT2D eigenvalue weighted by Gasteiger charge is 2.25. The van der Waals surface area contributed by atoms with E-state index in [0.29, 0.717) is 24.3 Å². The Balaban J connectivity index is 0.00000961. The maximum absolute atomic E-state index is 12.9. The molecule has 0 radical (unpaired) electrons. The number of unbranched alkanes of at least 4 members (excludes halogenated alkanes) is 2. The Hall–Kier alpha value is -1.07. The zero-order valence-electron chi connectivity index (χ0n) is 22.2. The van der Waals surface area contributed by atoms with Crippen molar-refractivity contribution in [3.8, 4) is 5.75 Å². The Labute approximate surface area is 209 Å². The number of carbonyl (C=O) groups excluding carboxylic acids is 1. The summed E-state index contributed by atoms with van der Waals surface area (Å²) in [6.07, 6.45) is 3.29. The molecule has 32 heavy (non-hydrogen) atoms. The number of ether oxygens (including phenoxy) is 1. The fourth-order valence-corrected chi connectivity index (χ4v) is 3.84. The van der Waals surface area contributed by atoms with E-state index in [2.05, 4.69) is 85.7 Å². The molecule has 0 unspecified atom stereocenters. The fraction of sp³-hybridized carbons (Fsp3) is 0.741. The van der Waals surface area contributed by atoms with Crippen LogP contribution in [0.4, 0.5) is 0 Å². The number of hydrogen-bond acceptors (Lipinski definition) is 2. The van der Waals surface area contributed by atoms with E-state index < -0.39 is 0 Å². The van der Waals surface area contributed by atoms with Crippen LogP contribution in [0.25, 0.3) is 0 Å². The minimum atomic E-state index is 0. The molecule has 5 heteroatoms. The smallest absolute Gasteiger partial charge is 0.277 e. The van der Waals surface area contributed by atoms with E-state index in [9.17, 15) is 4.79 Å². The lowest BCUT2D eigenvalue weighted by atomic mass is 10.0. The van der Waals surface area contributed by atoms with Gasteiger partial charge in [0, 0.05) is 13.1 Å². The Morgan fingerprint density at radius 1 is 0.969 bits per heavy atom. The van der Waals surface area contributed by atoms with Crippen molar-refractivity contribution in [1.82, 2.24) is 4.90 Å². The number of aryl methyl sites for hydroxylation is 1. The van der Waals surface area contributed by atoms with Crippen LogP contribution >= 0.6 is 0 Å².